The molecule has 0 aromatic carbocycles. The number of amides is 1. The van der Waals surface area contributed by atoms with Crippen molar-refractivity contribution in [1.29, 1.82) is 0 Å². The van der Waals surface area contributed by atoms with Gasteiger partial charge in [0.25, 0.3) is 0 Å². The van der Waals surface area contributed by atoms with Crippen LogP contribution in [0.3, 0.4) is 0 Å². The van der Waals surface area contributed by atoms with Crippen LogP contribution in [0.15, 0.2) is 0 Å². The predicted molar refractivity (Wildman–Crippen MR) is 72.9 cm³/mol. The van der Waals surface area contributed by atoms with E-state index in [1.165, 1.54) is 0 Å². The highest BCUT2D eigenvalue weighted by molar-refractivity contribution is 5.82. The fourth-order valence-corrected chi connectivity index (χ4v) is 3.38. The summed E-state index contributed by atoms with van der Waals surface area (Å²) in [5, 5.41) is 0. The van der Waals surface area contributed by atoms with Crippen molar-refractivity contribution in [3.8, 4) is 0 Å². The summed E-state index contributed by atoms with van der Waals surface area (Å²) in [5.41, 5.74) is -0.462. The lowest BCUT2D eigenvalue weighted by Gasteiger charge is -2.45. The summed E-state index contributed by atoms with van der Waals surface area (Å²) >= 11 is 0. The third kappa shape index (κ3) is 3.10. The average Bonchev–Trinajstić information content (AvgIpc) is 2.28. The van der Waals surface area contributed by atoms with Gasteiger partial charge in [0, 0.05) is 24.9 Å². The summed E-state index contributed by atoms with van der Waals surface area (Å²) in [7, 11) is 0. The number of nitrogens with zero attached hydrogens (tertiary/aromatic N) is 1. The monoisotopic (exact) mass is 267 g/mol. The Morgan fingerprint density at radius 2 is 2.00 bits per heavy atom. The highest BCUT2D eigenvalue weighted by Crippen LogP contribution is 2.38. The van der Waals surface area contributed by atoms with Crippen LogP contribution in [0.1, 0.15) is 53.4 Å². The Morgan fingerprint density at radius 1 is 1.32 bits per heavy atom. The lowest BCUT2D eigenvalue weighted by molar-refractivity contribution is -0.130. The second-order valence-corrected chi connectivity index (χ2v) is 6.83. The maximum atomic E-state index is 12.2. The number of carbonyl (C=O) groups is 2. The quantitative estimate of drug-likeness (QED) is 0.678. The third-order valence-electron chi connectivity index (χ3n) is 4.31. The summed E-state index contributed by atoms with van der Waals surface area (Å²) in [4.78, 5) is 26.0. The Balaban J connectivity index is 2.05. The number of Topliss-reactive ketones (excluding diaryl/α,β-unsaturated/α-hetero) is 1. The highest BCUT2D eigenvalue weighted by atomic mass is 16.6. The lowest BCUT2D eigenvalue weighted by atomic mass is 9.71. The van der Waals surface area contributed by atoms with Crippen molar-refractivity contribution < 1.29 is 14.3 Å². The Bertz CT molecular complexity index is 372. The molecule has 0 aromatic rings. The van der Waals surface area contributed by atoms with Gasteiger partial charge in [-0.05, 0) is 52.9 Å². The van der Waals surface area contributed by atoms with Crippen molar-refractivity contribution in [3.05, 3.63) is 0 Å². The van der Waals surface area contributed by atoms with Crippen LogP contribution in [0.25, 0.3) is 0 Å². The standard InChI is InChI=1S/C15H25NO3/c1-10-11-6-5-7-13(17)12(11)8-9-16(10)14(18)19-15(2,3)4/h10-12H,5-9H2,1-4H3. The number of hydrogen-bond donors (Lipinski definition) is 0. The molecule has 3 atom stereocenters. The molecule has 1 saturated heterocycles. The molecule has 1 amide bonds. The van der Waals surface area contributed by atoms with Crippen molar-refractivity contribution in [1.82, 2.24) is 4.90 Å². The zero-order chi connectivity index (χ0) is 14.2. The molecule has 2 rings (SSSR count). The molecule has 0 aromatic heterocycles. The fraction of sp³-hybridized carbons (Fsp3) is 0.867. The zero-order valence-corrected chi connectivity index (χ0v) is 12.4. The summed E-state index contributed by atoms with van der Waals surface area (Å²) < 4.78 is 5.46. The van der Waals surface area contributed by atoms with Crippen LogP contribution in [-0.2, 0) is 9.53 Å². The van der Waals surface area contributed by atoms with Crippen molar-refractivity contribution in [2.45, 2.75) is 65.0 Å². The largest absolute Gasteiger partial charge is 0.444 e. The number of likely N-dealkylation sites (tertiary alicyclic amines) is 1. The van der Waals surface area contributed by atoms with Gasteiger partial charge in [0.05, 0.1) is 0 Å². The Morgan fingerprint density at radius 3 is 2.63 bits per heavy atom. The second kappa shape index (κ2) is 5.14. The van der Waals surface area contributed by atoms with Gasteiger partial charge < -0.3 is 9.64 Å². The van der Waals surface area contributed by atoms with E-state index in [1.54, 1.807) is 0 Å². The summed E-state index contributed by atoms with van der Waals surface area (Å²) in [6.45, 7) is 8.34. The number of ketones is 1. The van der Waals surface area contributed by atoms with Gasteiger partial charge >= 0.3 is 6.09 Å². The van der Waals surface area contributed by atoms with Crippen LogP contribution in [0.5, 0.6) is 0 Å². The van der Waals surface area contributed by atoms with E-state index in [1.807, 2.05) is 25.7 Å². The third-order valence-corrected chi connectivity index (χ3v) is 4.31. The Labute approximate surface area is 115 Å². The second-order valence-electron chi connectivity index (χ2n) is 6.83. The molecule has 2 fully saturated rings. The molecule has 0 spiro atoms. The first kappa shape index (κ1) is 14.4. The maximum Gasteiger partial charge on any atom is 0.410 e. The fourth-order valence-electron chi connectivity index (χ4n) is 3.38. The summed E-state index contributed by atoms with van der Waals surface area (Å²) in [5.74, 6) is 0.886. The van der Waals surface area contributed by atoms with Crippen molar-refractivity contribution in [2.75, 3.05) is 6.54 Å². The number of rotatable bonds is 0. The number of hydrogen-bond acceptors (Lipinski definition) is 3. The first-order chi connectivity index (χ1) is 8.79. The van der Waals surface area contributed by atoms with E-state index in [0.717, 1.165) is 25.7 Å². The van der Waals surface area contributed by atoms with E-state index in [4.69, 9.17) is 4.74 Å². The zero-order valence-electron chi connectivity index (χ0n) is 12.4. The molecule has 4 heteroatoms. The molecule has 0 radical (unpaired) electrons. The van der Waals surface area contributed by atoms with Gasteiger partial charge in [0.15, 0.2) is 0 Å². The van der Waals surface area contributed by atoms with E-state index in [2.05, 4.69) is 6.92 Å². The van der Waals surface area contributed by atoms with Crippen molar-refractivity contribution in [2.24, 2.45) is 11.8 Å². The van der Waals surface area contributed by atoms with Crippen molar-refractivity contribution in [3.63, 3.8) is 0 Å². The van der Waals surface area contributed by atoms with E-state index < -0.39 is 5.60 Å². The number of fused-ring (bicyclic) bond motifs is 1. The molecule has 1 saturated carbocycles. The Hall–Kier alpha value is -1.06. The van der Waals surface area contributed by atoms with Crippen LogP contribution in [0.2, 0.25) is 0 Å². The van der Waals surface area contributed by atoms with Gasteiger partial charge in [-0.15, -0.1) is 0 Å². The molecule has 108 valence electrons. The topological polar surface area (TPSA) is 46.6 Å². The van der Waals surface area contributed by atoms with Crippen LogP contribution < -0.4 is 0 Å². The summed E-state index contributed by atoms with van der Waals surface area (Å²) in [6.07, 6.45) is 3.30. The first-order valence-electron chi connectivity index (χ1n) is 7.32. The molecule has 19 heavy (non-hydrogen) atoms. The van der Waals surface area contributed by atoms with Crippen LogP contribution in [0, 0.1) is 11.8 Å². The lowest BCUT2D eigenvalue weighted by Crippen LogP contribution is -2.54. The van der Waals surface area contributed by atoms with E-state index in [-0.39, 0.29) is 18.1 Å². The van der Waals surface area contributed by atoms with Crippen LogP contribution in [-0.4, -0.2) is 35.0 Å². The minimum atomic E-state index is -0.462. The smallest absolute Gasteiger partial charge is 0.410 e. The highest BCUT2D eigenvalue weighted by Gasteiger charge is 2.43. The molecule has 4 nitrogen and oxygen atoms in total. The van der Waals surface area contributed by atoms with E-state index >= 15 is 0 Å². The molecule has 0 N–H and O–H groups in total. The number of ether oxygens (including phenoxy) is 1. The molecular formula is C15H25NO3. The average molecular weight is 267 g/mol. The van der Waals surface area contributed by atoms with Crippen molar-refractivity contribution >= 4 is 11.9 Å². The van der Waals surface area contributed by atoms with E-state index in [0.29, 0.717) is 18.2 Å². The first-order valence-corrected chi connectivity index (χ1v) is 7.32. The molecule has 0 bridgehead atoms. The van der Waals surface area contributed by atoms with Gasteiger partial charge in [0.1, 0.15) is 11.4 Å². The maximum absolute atomic E-state index is 12.2. The normalized spacial score (nSPS) is 31.9. The predicted octanol–water partition coefficient (Wildman–Crippen LogP) is 3.00. The van der Waals surface area contributed by atoms with E-state index in [9.17, 15) is 9.59 Å². The minimum Gasteiger partial charge on any atom is -0.444 e. The molecule has 1 aliphatic heterocycles. The van der Waals surface area contributed by atoms with Gasteiger partial charge in [-0.2, -0.15) is 0 Å². The summed E-state index contributed by atoms with van der Waals surface area (Å²) in [6, 6.07) is 0.109. The Kier molecular flexibility index (Phi) is 3.88. The molecule has 1 aliphatic carbocycles. The van der Waals surface area contributed by atoms with Gasteiger partial charge in [-0.3, -0.25) is 4.79 Å². The van der Waals surface area contributed by atoms with Crippen LogP contribution in [0.4, 0.5) is 4.79 Å². The SMILES string of the molecule is CC1C2CCCC(=O)C2CCN1C(=O)OC(C)(C)C. The minimum absolute atomic E-state index is 0.109. The molecule has 3 unspecified atom stereocenters. The van der Waals surface area contributed by atoms with Crippen LogP contribution >= 0.6 is 0 Å². The molecular weight excluding hydrogens is 242 g/mol. The van der Waals surface area contributed by atoms with Gasteiger partial charge in [0.2, 0.25) is 0 Å². The molecule has 1 heterocycles. The van der Waals surface area contributed by atoms with Gasteiger partial charge in [-0.25, -0.2) is 4.79 Å². The molecule has 2 aliphatic rings. The van der Waals surface area contributed by atoms with Gasteiger partial charge in [-0.1, -0.05) is 0 Å². The number of piperidine rings is 1. The number of carbonyl (C=O) groups excluding carboxylic acids is 2.